The minimum Gasteiger partial charge on any atom is -0.308 e. The van der Waals surface area contributed by atoms with Crippen molar-refractivity contribution in [1.29, 1.82) is 0 Å². The minimum absolute atomic E-state index is 0. The van der Waals surface area contributed by atoms with Crippen molar-refractivity contribution in [1.82, 2.24) is 19.5 Å². The van der Waals surface area contributed by atoms with E-state index in [0.29, 0.717) is 0 Å². The fourth-order valence-corrected chi connectivity index (χ4v) is 6.82. The van der Waals surface area contributed by atoms with Crippen molar-refractivity contribution in [2.75, 3.05) is 0 Å². The molecular weight excluding hydrogens is 876 g/mol. The Hall–Kier alpha value is -6.48. The molecule has 57 heavy (non-hydrogen) atoms. The Balaban J connectivity index is 0.000000152. The van der Waals surface area contributed by atoms with Gasteiger partial charge in [0.1, 0.15) is 0 Å². The second kappa shape index (κ2) is 18.0. The first-order valence-corrected chi connectivity index (χ1v) is 18.8. The maximum Gasteiger partial charge on any atom is 2.00 e. The summed E-state index contributed by atoms with van der Waals surface area (Å²) in [6, 6.07) is 67.0. The number of hydrogen-bond acceptors (Lipinski definition) is 3. The predicted octanol–water partition coefficient (Wildman–Crippen LogP) is 13.0. The van der Waals surface area contributed by atoms with Crippen LogP contribution in [0.2, 0.25) is 0 Å². The Bertz CT molecular complexity index is 2790. The summed E-state index contributed by atoms with van der Waals surface area (Å²) in [6.07, 6.45) is 3.59. The van der Waals surface area contributed by atoms with Crippen LogP contribution in [0.3, 0.4) is 0 Å². The summed E-state index contributed by atoms with van der Waals surface area (Å²) in [5.41, 5.74) is 15.6. The summed E-state index contributed by atoms with van der Waals surface area (Å²) in [5.74, 6) is 0. The van der Waals surface area contributed by atoms with E-state index in [9.17, 15) is 0 Å². The second-order valence-corrected chi connectivity index (χ2v) is 13.7. The molecule has 0 saturated carbocycles. The van der Waals surface area contributed by atoms with Crippen LogP contribution < -0.4 is 0 Å². The summed E-state index contributed by atoms with van der Waals surface area (Å²) in [7, 11) is 0. The number of nitrogens with zero attached hydrogens (tertiary/aromatic N) is 4. The second-order valence-electron chi connectivity index (χ2n) is 13.7. The van der Waals surface area contributed by atoms with E-state index in [4.69, 9.17) is 4.98 Å². The summed E-state index contributed by atoms with van der Waals surface area (Å²) in [4.78, 5) is 13.6. The fourth-order valence-electron chi connectivity index (χ4n) is 6.82. The van der Waals surface area contributed by atoms with Crippen LogP contribution in [0.1, 0.15) is 16.7 Å². The number of para-hydroxylation sites is 2. The normalized spacial score (nSPS) is 10.6. The third kappa shape index (κ3) is 8.99. The standard InChI is InChI=1S/C28H20N2.2C12H10N.Pt/c1-19-11-13-20(14-12-19)21-15-16-26-24(17-21)28-27(30(26)23-8-3-2-4-9-23)18-22-7-5-6-10-25(22)29-28;2*1-10-5-4-6-11(9-10)12-7-2-3-8-13-12;/h2-18H,1H3;2*2-8H,1H3;/q;2*-1;+2. The van der Waals surface area contributed by atoms with Gasteiger partial charge in [0.25, 0.3) is 0 Å². The fraction of sp³-hybridized carbons (Fsp3) is 0.0577. The maximum atomic E-state index is 5.08. The first-order chi connectivity index (χ1) is 27.5. The molecule has 5 heteroatoms. The molecule has 0 fully saturated rings. The number of hydrogen-bond donors (Lipinski definition) is 0. The molecule has 10 rings (SSSR count). The molecular formula is C52H40N4Pt. The van der Waals surface area contributed by atoms with Gasteiger partial charge in [0.05, 0.1) is 22.1 Å². The maximum absolute atomic E-state index is 5.08. The smallest absolute Gasteiger partial charge is 0.308 e. The first-order valence-electron chi connectivity index (χ1n) is 18.8. The number of aromatic nitrogens is 4. The summed E-state index contributed by atoms with van der Waals surface area (Å²) < 4.78 is 2.32. The number of rotatable bonds is 4. The molecule has 0 unspecified atom stereocenters. The van der Waals surface area contributed by atoms with E-state index < -0.39 is 0 Å². The van der Waals surface area contributed by atoms with Crippen LogP contribution in [0.25, 0.3) is 72.2 Å². The van der Waals surface area contributed by atoms with Gasteiger partial charge >= 0.3 is 21.1 Å². The average Bonchev–Trinajstić information content (AvgIpc) is 3.57. The number of benzene rings is 6. The van der Waals surface area contributed by atoms with E-state index in [1.807, 2.05) is 86.6 Å². The van der Waals surface area contributed by atoms with E-state index in [0.717, 1.165) is 61.3 Å². The third-order valence-corrected chi connectivity index (χ3v) is 9.60. The van der Waals surface area contributed by atoms with Crippen molar-refractivity contribution < 1.29 is 21.1 Å². The number of aryl methyl sites for hydroxylation is 3. The molecule has 0 N–H and O–H groups in total. The van der Waals surface area contributed by atoms with Crippen molar-refractivity contribution in [2.45, 2.75) is 20.8 Å². The van der Waals surface area contributed by atoms with E-state index in [-0.39, 0.29) is 21.1 Å². The Morgan fingerprint density at radius 2 is 1.05 bits per heavy atom. The van der Waals surface area contributed by atoms with Gasteiger partial charge in [-0.1, -0.05) is 110 Å². The van der Waals surface area contributed by atoms with Crippen LogP contribution in [0, 0.1) is 32.9 Å². The molecule has 0 amide bonds. The van der Waals surface area contributed by atoms with E-state index in [1.54, 1.807) is 12.4 Å². The van der Waals surface area contributed by atoms with Gasteiger partial charge in [-0.2, -0.15) is 0 Å². The molecule has 4 aromatic heterocycles. The van der Waals surface area contributed by atoms with Gasteiger partial charge in [0.2, 0.25) is 0 Å². The molecule has 4 nitrogen and oxygen atoms in total. The van der Waals surface area contributed by atoms with E-state index in [2.05, 4.69) is 137 Å². The van der Waals surface area contributed by atoms with Gasteiger partial charge < -0.3 is 14.5 Å². The minimum atomic E-state index is 0. The zero-order valence-corrected chi connectivity index (χ0v) is 34.3. The van der Waals surface area contributed by atoms with Gasteiger partial charge in [0.15, 0.2) is 0 Å². The van der Waals surface area contributed by atoms with Crippen molar-refractivity contribution in [3.05, 3.63) is 217 Å². The van der Waals surface area contributed by atoms with Crippen LogP contribution in [-0.4, -0.2) is 19.5 Å². The van der Waals surface area contributed by atoms with Crippen molar-refractivity contribution >= 4 is 32.8 Å². The van der Waals surface area contributed by atoms with Crippen molar-refractivity contribution in [2.24, 2.45) is 0 Å². The van der Waals surface area contributed by atoms with Gasteiger partial charge in [-0.3, -0.25) is 0 Å². The first kappa shape index (κ1) is 38.8. The molecule has 6 aromatic carbocycles. The summed E-state index contributed by atoms with van der Waals surface area (Å²) in [5, 5.41) is 2.33. The summed E-state index contributed by atoms with van der Waals surface area (Å²) in [6.45, 7) is 6.19. The van der Waals surface area contributed by atoms with E-state index >= 15 is 0 Å². The molecule has 278 valence electrons. The Morgan fingerprint density at radius 1 is 0.474 bits per heavy atom. The molecule has 0 spiro atoms. The molecule has 0 aliphatic rings. The van der Waals surface area contributed by atoms with Crippen molar-refractivity contribution in [3.8, 4) is 39.3 Å². The van der Waals surface area contributed by atoms with Crippen LogP contribution in [0.5, 0.6) is 0 Å². The molecule has 0 aliphatic heterocycles. The SMILES string of the molecule is Cc1[c-]c(-c2ccccn2)ccc1.Cc1[c-]c(-c2ccccn2)ccc1.Cc1ccc(-c2ccc3c(c2)c2nc4ccccc4cc2n3-c2ccccc2)cc1.[Pt+2]. The monoisotopic (exact) mass is 915 g/mol. The van der Waals surface area contributed by atoms with Crippen LogP contribution in [0.4, 0.5) is 0 Å². The average molecular weight is 916 g/mol. The number of pyridine rings is 3. The van der Waals surface area contributed by atoms with Gasteiger partial charge in [-0.05, 0) is 78.0 Å². The molecule has 0 aliphatic carbocycles. The Kier molecular flexibility index (Phi) is 12.2. The molecule has 0 bridgehead atoms. The summed E-state index contributed by atoms with van der Waals surface area (Å²) >= 11 is 0. The molecule has 0 atom stereocenters. The van der Waals surface area contributed by atoms with Crippen molar-refractivity contribution in [3.63, 3.8) is 0 Å². The van der Waals surface area contributed by atoms with Crippen LogP contribution in [-0.2, 0) is 21.1 Å². The molecule has 10 aromatic rings. The van der Waals surface area contributed by atoms with Gasteiger partial charge in [-0.15, -0.1) is 70.8 Å². The van der Waals surface area contributed by atoms with E-state index in [1.165, 1.54) is 27.6 Å². The van der Waals surface area contributed by atoms with Gasteiger partial charge in [-0.25, -0.2) is 4.98 Å². The zero-order valence-electron chi connectivity index (χ0n) is 32.0. The quantitative estimate of drug-likeness (QED) is 0.165. The molecule has 4 heterocycles. The van der Waals surface area contributed by atoms with Crippen LogP contribution >= 0.6 is 0 Å². The molecule has 0 radical (unpaired) electrons. The topological polar surface area (TPSA) is 43.6 Å². The van der Waals surface area contributed by atoms with Crippen LogP contribution in [0.15, 0.2) is 188 Å². The van der Waals surface area contributed by atoms with Gasteiger partial charge in [0, 0.05) is 28.9 Å². The zero-order chi connectivity index (χ0) is 38.3. The predicted molar refractivity (Wildman–Crippen MR) is 233 cm³/mol. The largest absolute Gasteiger partial charge is 2.00 e. The third-order valence-electron chi connectivity index (χ3n) is 9.60. The Morgan fingerprint density at radius 3 is 1.65 bits per heavy atom. The number of fused-ring (bicyclic) bond motifs is 4. The Labute approximate surface area is 348 Å². The molecule has 0 saturated heterocycles.